The van der Waals surface area contributed by atoms with Crippen molar-refractivity contribution >= 4 is 17.5 Å². The van der Waals surface area contributed by atoms with Gasteiger partial charge in [0.25, 0.3) is 5.91 Å². The van der Waals surface area contributed by atoms with E-state index in [1.807, 2.05) is 24.3 Å². The smallest absolute Gasteiger partial charge is 0.251 e. The Morgan fingerprint density at radius 1 is 1.17 bits per heavy atom. The van der Waals surface area contributed by atoms with Crippen LogP contribution in [-0.4, -0.2) is 24.9 Å². The van der Waals surface area contributed by atoms with E-state index in [0.717, 1.165) is 17.7 Å². The summed E-state index contributed by atoms with van der Waals surface area (Å²) in [6, 6.07) is 13.3. The molecule has 3 rings (SSSR count). The molecule has 2 aromatic carbocycles. The van der Waals surface area contributed by atoms with E-state index in [1.165, 1.54) is 24.3 Å². The summed E-state index contributed by atoms with van der Waals surface area (Å²) in [6.45, 7) is 2.71. The first-order valence-electron chi connectivity index (χ1n) is 7.97. The van der Waals surface area contributed by atoms with Crippen LogP contribution in [0.5, 0.6) is 0 Å². The fourth-order valence-electron chi connectivity index (χ4n) is 3.10. The monoisotopic (exact) mass is 326 g/mol. The van der Waals surface area contributed by atoms with Crippen LogP contribution in [0.3, 0.4) is 0 Å². The Morgan fingerprint density at radius 3 is 2.58 bits per heavy atom. The Bertz CT molecular complexity index is 758. The Hall–Kier alpha value is -2.69. The Labute approximate surface area is 140 Å². The third-order valence-electron chi connectivity index (χ3n) is 4.34. The molecule has 0 saturated heterocycles. The molecule has 0 fully saturated rings. The molecule has 1 unspecified atom stereocenters. The second-order valence-corrected chi connectivity index (χ2v) is 5.94. The molecule has 0 saturated carbocycles. The van der Waals surface area contributed by atoms with Crippen molar-refractivity contribution in [2.75, 3.05) is 18.0 Å². The van der Waals surface area contributed by atoms with E-state index in [4.69, 9.17) is 0 Å². The van der Waals surface area contributed by atoms with E-state index >= 15 is 0 Å². The van der Waals surface area contributed by atoms with Gasteiger partial charge in [-0.05, 0) is 42.3 Å². The summed E-state index contributed by atoms with van der Waals surface area (Å²) in [5, 5.41) is 2.86. The summed E-state index contributed by atoms with van der Waals surface area (Å²) in [5.41, 5.74) is 2.54. The van der Waals surface area contributed by atoms with Crippen LogP contribution >= 0.6 is 0 Å². The number of hydrogen-bond acceptors (Lipinski definition) is 2. The minimum absolute atomic E-state index is 0.0281. The van der Waals surface area contributed by atoms with Crippen LogP contribution < -0.4 is 10.2 Å². The molecular weight excluding hydrogens is 307 g/mol. The van der Waals surface area contributed by atoms with E-state index in [0.29, 0.717) is 18.7 Å². The number of carbonyl (C=O) groups is 2. The molecule has 4 nitrogen and oxygen atoms in total. The van der Waals surface area contributed by atoms with Crippen LogP contribution in [0, 0.1) is 5.82 Å². The summed E-state index contributed by atoms with van der Waals surface area (Å²) in [5.74, 6) is -0.345. The van der Waals surface area contributed by atoms with Crippen molar-refractivity contribution in [2.24, 2.45) is 0 Å². The summed E-state index contributed by atoms with van der Waals surface area (Å²) in [4.78, 5) is 25.6. The van der Waals surface area contributed by atoms with Gasteiger partial charge in [0.2, 0.25) is 5.91 Å². The summed E-state index contributed by atoms with van der Waals surface area (Å²) in [6.07, 6.45) is 0.744. The van der Waals surface area contributed by atoms with E-state index in [9.17, 15) is 14.0 Å². The van der Waals surface area contributed by atoms with Crippen molar-refractivity contribution in [2.45, 2.75) is 19.3 Å². The highest BCUT2D eigenvalue weighted by Crippen LogP contribution is 2.37. The number of rotatable bonds is 4. The normalized spacial score (nSPS) is 15.9. The second-order valence-electron chi connectivity index (χ2n) is 5.94. The zero-order valence-electron chi connectivity index (χ0n) is 13.5. The van der Waals surface area contributed by atoms with Gasteiger partial charge < -0.3 is 10.2 Å². The predicted octanol–water partition coefficient (Wildman–Crippen LogP) is 3.10. The SMILES string of the molecule is CC(=O)N1CC(CCNC(=O)c2ccc(F)cc2)c2ccccc21. The molecule has 5 heteroatoms. The van der Waals surface area contributed by atoms with Crippen LogP contribution in [-0.2, 0) is 4.79 Å². The number of carbonyl (C=O) groups excluding carboxylic acids is 2. The molecule has 124 valence electrons. The lowest BCUT2D eigenvalue weighted by molar-refractivity contribution is -0.116. The van der Waals surface area contributed by atoms with Crippen LogP contribution in [0.25, 0.3) is 0 Å². The van der Waals surface area contributed by atoms with Crippen molar-refractivity contribution < 1.29 is 14.0 Å². The number of nitrogens with one attached hydrogen (secondary N) is 1. The maximum atomic E-state index is 12.9. The summed E-state index contributed by atoms with van der Waals surface area (Å²) >= 11 is 0. The third-order valence-corrected chi connectivity index (χ3v) is 4.34. The largest absolute Gasteiger partial charge is 0.352 e. The number of anilines is 1. The van der Waals surface area contributed by atoms with Crippen molar-refractivity contribution in [3.05, 3.63) is 65.5 Å². The van der Waals surface area contributed by atoms with E-state index in [-0.39, 0.29) is 23.5 Å². The Kier molecular flexibility index (Phi) is 4.60. The Morgan fingerprint density at radius 2 is 1.88 bits per heavy atom. The van der Waals surface area contributed by atoms with Gasteiger partial charge in [-0.2, -0.15) is 0 Å². The number of fused-ring (bicyclic) bond motifs is 1. The number of hydrogen-bond donors (Lipinski definition) is 1. The standard InChI is InChI=1S/C19H19FN2O2/c1-13(23)22-12-15(17-4-2-3-5-18(17)22)10-11-21-19(24)14-6-8-16(20)9-7-14/h2-9,15H,10-12H2,1H3,(H,21,24). The number of amides is 2. The molecule has 1 aliphatic heterocycles. The zero-order valence-corrected chi connectivity index (χ0v) is 13.5. The van der Waals surface area contributed by atoms with Gasteiger partial charge in [0.05, 0.1) is 0 Å². The molecular formula is C19H19FN2O2. The van der Waals surface area contributed by atoms with Crippen molar-refractivity contribution in [3.63, 3.8) is 0 Å². The molecule has 0 aliphatic carbocycles. The van der Waals surface area contributed by atoms with Gasteiger partial charge in [0.1, 0.15) is 5.82 Å². The maximum absolute atomic E-state index is 12.9. The van der Waals surface area contributed by atoms with Gasteiger partial charge in [-0.3, -0.25) is 9.59 Å². The third kappa shape index (κ3) is 3.30. The molecule has 0 spiro atoms. The lowest BCUT2D eigenvalue weighted by Gasteiger charge is -2.15. The van der Waals surface area contributed by atoms with E-state index < -0.39 is 0 Å². The van der Waals surface area contributed by atoms with Gasteiger partial charge in [0.15, 0.2) is 0 Å². The fraction of sp³-hybridized carbons (Fsp3) is 0.263. The highest BCUT2D eigenvalue weighted by molar-refractivity contribution is 5.95. The lowest BCUT2D eigenvalue weighted by atomic mass is 9.98. The van der Waals surface area contributed by atoms with Crippen LogP contribution in [0.2, 0.25) is 0 Å². The van der Waals surface area contributed by atoms with Crippen LogP contribution in [0.4, 0.5) is 10.1 Å². The number of benzene rings is 2. The molecule has 0 radical (unpaired) electrons. The number of nitrogens with zero attached hydrogens (tertiary/aromatic N) is 1. The average molecular weight is 326 g/mol. The van der Waals surface area contributed by atoms with Crippen LogP contribution in [0.15, 0.2) is 48.5 Å². The molecule has 1 aliphatic rings. The molecule has 1 N–H and O–H groups in total. The quantitative estimate of drug-likeness (QED) is 0.938. The van der Waals surface area contributed by atoms with Gasteiger partial charge in [-0.1, -0.05) is 18.2 Å². The molecule has 2 amide bonds. The Balaban J connectivity index is 1.60. The fourth-order valence-corrected chi connectivity index (χ4v) is 3.10. The first kappa shape index (κ1) is 16.2. The van der Waals surface area contributed by atoms with Crippen molar-refractivity contribution in [3.8, 4) is 0 Å². The average Bonchev–Trinajstić information content (AvgIpc) is 2.95. The van der Waals surface area contributed by atoms with Crippen molar-refractivity contribution in [1.29, 1.82) is 0 Å². The van der Waals surface area contributed by atoms with Gasteiger partial charge in [-0.25, -0.2) is 4.39 Å². The van der Waals surface area contributed by atoms with Gasteiger partial charge in [0, 0.05) is 37.2 Å². The van der Waals surface area contributed by atoms with Crippen molar-refractivity contribution in [1.82, 2.24) is 5.32 Å². The highest BCUT2D eigenvalue weighted by atomic mass is 19.1. The molecule has 1 heterocycles. The van der Waals surface area contributed by atoms with Gasteiger partial charge >= 0.3 is 0 Å². The lowest BCUT2D eigenvalue weighted by Crippen LogP contribution is -2.29. The second kappa shape index (κ2) is 6.83. The molecule has 24 heavy (non-hydrogen) atoms. The molecule has 0 aromatic heterocycles. The minimum Gasteiger partial charge on any atom is -0.352 e. The number of halogens is 1. The summed E-state index contributed by atoms with van der Waals surface area (Å²) in [7, 11) is 0. The molecule has 0 bridgehead atoms. The maximum Gasteiger partial charge on any atom is 0.251 e. The first-order valence-corrected chi connectivity index (χ1v) is 7.97. The highest BCUT2D eigenvalue weighted by Gasteiger charge is 2.30. The molecule has 2 aromatic rings. The van der Waals surface area contributed by atoms with Gasteiger partial charge in [-0.15, -0.1) is 0 Å². The van der Waals surface area contributed by atoms with E-state index in [1.54, 1.807) is 11.8 Å². The van der Waals surface area contributed by atoms with Crippen LogP contribution in [0.1, 0.15) is 35.2 Å². The number of para-hydroxylation sites is 1. The minimum atomic E-state index is -0.363. The predicted molar refractivity (Wildman–Crippen MR) is 90.6 cm³/mol. The molecule has 1 atom stereocenters. The topological polar surface area (TPSA) is 49.4 Å². The summed E-state index contributed by atoms with van der Waals surface area (Å²) < 4.78 is 12.9. The first-order chi connectivity index (χ1) is 11.6. The zero-order chi connectivity index (χ0) is 17.1. The van der Waals surface area contributed by atoms with E-state index in [2.05, 4.69) is 5.32 Å².